The van der Waals surface area contributed by atoms with Crippen LogP contribution in [-0.2, 0) is 10.0 Å². The van der Waals surface area contributed by atoms with Crippen molar-refractivity contribution in [3.63, 3.8) is 0 Å². The third-order valence-corrected chi connectivity index (χ3v) is 5.15. The molecular formula is C18H17N3O5S. The number of rotatable bonds is 3. The van der Waals surface area contributed by atoms with Crippen LogP contribution >= 0.6 is 0 Å². The third kappa shape index (κ3) is 3.69. The van der Waals surface area contributed by atoms with E-state index in [2.05, 4.69) is 10.9 Å². The quantitative estimate of drug-likeness (QED) is 0.589. The summed E-state index contributed by atoms with van der Waals surface area (Å²) in [6.07, 6.45) is 0. The van der Waals surface area contributed by atoms with Gasteiger partial charge in [-0.05, 0) is 37.6 Å². The second-order valence-electron chi connectivity index (χ2n) is 5.99. The molecular weight excluding hydrogens is 370 g/mol. The molecule has 27 heavy (non-hydrogen) atoms. The fourth-order valence-electron chi connectivity index (χ4n) is 2.68. The van der Waals surface area contributed by atoms with Gasteiger partial charge in [-0.25, -0.2) is 13.6 Å². The van der Waals surface area contributed by atoms with Crippen molar-refractivity contribution in [3.8, 4) is 0 Å². The average molecular weight is 387 g/mol. The Morgan fingerprint density at radius 1 is 1.00 bits per heavy atom. The SMILES string of the molecule is Cc1ccc(C(=O)NNC(=O)c2oc3ccccc3c2C)cc1S(N)(=O)=O. The van der Waals surface area contributed by atoms with E-state index in [-0.39, 0.29) is 16.2 Å². The first-order valence-corrected chi connectivity index (χ1v) is 9.45. The number of amides is 2. The van der Waals surface area contributed by atoms with Crippen molar-refractivity contribution in [2.24, 2.45) is 5.14 Å². The van der Waals surface area contributed by atoms with E-state index < -0.39 is 21.8 Å². The molecule has 0 aliphatic heterocycles. The average Bonchev–Trinajstić information content (AvgIpc) is 2.96. The standard InChI is InChI=1S/C18H17N3O5S/c1-10-7-8-12(9-15(10)27(19,24)25)17(22)20-21-18(23)16-11(2)13-5-3-4-6-14(13)26-16/h3-9H,1-2H3,(H,20,22)(H,21,23)(H2,19,24,25). The van der Waals surface area contributed by atoms with Gasteiger partial charge >= 0.3 is 5.91 Å². The van der Waals surface area contributed by atoms with Crippen molar-refractivity contribution < 1.29 is 22.4 Å². The molecule has 0 atom stereocenters. The van der Waals surface area contributed by atoms with Gasteiger partial charge in [0.15, 0.2) is 5.76 Å². The molecule has 0 saturated carbocycles. The van der Waals surface area contributed by atoms with Crippen LogP contribution in [0.3, 0.4) is 0 Å². The summed E-state index contributed by atoms with van der Waals surface area (Å²) >= 11 is 0. The molecule has 0 saturated heterocycles. The van der Waals surface area contributed by atoms with E-state index in [9.17, 15) is 18.0 Å². The lowest BCUT2D eigenvalue weighted by Crippen LogP contribution is -2.41. The molecule has 1 aromatic heterocycles. The van der Waals surface area contributed by atoms with E-state index in [1.807, 2.05) is 12.1 Å². The molecule has 0 aliphatic carbocycles. The van der Waals surface area contributed by atoms with Crippen molar-refractivity contribution in [1.82, 2.24) is 10.9 Å². The van der Waals surface area contributed by atoms with Crippen molar-refractivity contribution in [3.05, 3.63) is 64.9 Å². The van der Waals surface area contributed by atoms with Crippen molar-refractivity contribution in [1.29, 1.82) is 0 Å². The maximum atomic E-state index is 12.3. The zero-order chi connectivity index (χ0) is 19.8. The van der Waals surface area contributed by atoms with Crippen molar-refractivity contribution in [2.75, 3.05) is 0 Å². The number of nitrogens with two attached hydrogens (primary N) is 1. The van der Waals surface area contributed by atoms with Crippen LogP contribution in [0.1, 0.15) is 32.0 Å². The minimum atomic E-state index is -3.97. The molecule has 2 aromatic carbocycles. The third-order valence-electron chi connectivity index (χ3n) is 4.10. The topological polar surface area (TPSA) is 132 Å². The second kappa shape index (κ2) is 6.86. The van der Waals surface area contributed by atoms with Crippen molar-refractivity contribution in [2.45, 2.75) is 18.7 Å². The molecule has 9 heteroatoms. The summed E-state index contributed by atoms with van der Waals surface area (Å²) < 4.78 is 28.7. The first-order chi connectivity index (χ1) is 12.7. The Labute approximate surface area is 155 Å². The Balaban J connectivity index is 1.77. The van der Waals surface area contributed by atoms with Crippen LogP contribution in [0.5, 0.6) is 0 Å². The number of carbonyl (C=O) groups excluding carboxylic acids is 2. The Morgan fingerprint density at radius 3 is 2.33 bits per heavy atom. The van der Waals surface area contributed by atoms with Crippen LogP contribution in [-0.4, -0.2) is 20.2 Å². The van der Waals surface area contributed by atoms with Crippen LogP contribution < -0.4 is 16.0 Å². The molecule has 2 amide bonds. The first-order valence-electron chi connectivity index (χ1n) is 7.91. The lowest BCUT2D eigenvalue weighted by atomic mass is 10.1. The van der Waals surface area contributed by atoms with Gasteiger partial charge in [-0.3, -0.25) is 20.4 Å². The predicted octanol–water partition coefficient (Wildman–Crippen LogP) is 1.77. The van der Waals surface area contributed by atoms with E-state index in [0.29, 0.717) is 16.7 Å². The lowest BCUT2D eigenvalue weighted by molar-refractivity contribution is 0.0831. The summed E-state index contributed by atoms with van der Waals surface area (Å²) in [6, 6.07) is 11.2. The van der Waals surface area contributed by atoms with Crippen LogP contribution in [0.2, 0.25) is 0 Å². The molecule has 0 bridgehead atoms. The number of primary sulfonamides is 1. The molecule has 8 nitrogen and oxygen atoms in total. The van der Waals surface area contributed by atoms with Gasteiger partial charge in [-0.15, -0.1) is 0 Å². The fraction of sp³-hybridized carbons (Fsp3) is 0.111. The highest BCUT2D eigenvalue weighted by Crippen LogP contribution is 2.24. The maximum Gasteiger partial charge on any atom is 0.305 e. The number of carbonyl (C=O) groups is 2. The Hall–Kier alpha value is -3.17. The maximum absolute atomic E-state index is 12.3. The molecule has 4 N–H and O–H groups in total. The fourth-order valence-corrected chi connectivity index (χ4v) is 3.49. The Morgan fingerprint density at radius 2 is 1.67 bits per heavy atom. The molecule has 0 radical (unpaired) electrons. The molecule has 3 rings (SSSR count). The van der Waals surface area contributed by atoms with Gasteiger partial charge in [0.1, 0.15) is 5.58 Å². The number of furan rings is 1. The highest BCUT2D eigenvalue weighted by atomic mass is 32.2. The van der Waals surface area contributed by atoms with Gasteiger partial charge in [0.05, 0.1) is 4.90 Å². The molecule has 0 aliphatic rings. The number of fused-ring (bicyclic) bond motifs is 1. The molecule has 140 valence electrons. The van der Waals surface area contributed by atoms with Gasteiger partial charge in [-0.2, -0.15) is 0 Å². The molecule has 1 heterocycles. The summed E-state index contributed by atoms with van der Waals surface area (Å²) in [4.78, 5) is 24.4. The predicted molar refractivity (Wildman–Crippen MR) is 98.4 cm³/mol. The van der Waals surface area contributed by atoms with Gasteiger partial charge in [0.25, 0.3) is 5.91 Å². The lowest BCUT2D eigenvalue weighted by Gasteiger charge is -2.09. The summed E-state index contributed by atoms with van der Waals surface area (Å²) in [5.74, 6) is -1.25. The normalized spacial score (nSPS) is 11.4. The van der Waals surface area contributed by atoms with Gasteiger partial charge in [-0.1, -0.05) is 24.3 Å². The van der Waals surface area contributed by atoms with Crippen molar-refractivity contribution >= 4 is 32.8 Å². The van der Waals surface area contributed by atoms with E-state index in [1.54, 1.807) is 26.0 Å². The molecule has 3 aromatic rings. The number of nitrogens with one attached hydrogen (secondary N) is 2. The minimum Gasteiger partial charge on any atom is -0.451 e. The summed E-state index contributed by atoms with van der Waals surface area (Å²) in [6.45, 7) is 3.30. The molecule has 0 spiro atoms. The zero-order valence-electron chi connectivity index (χ0n) is 14.6. The Kier molecular flexibility index (Phi) is 4.73. The van der Waals surface area contributed by atoms with Gasteiger partial charge < -0.3 is 4.42 Å². The Bertz CT molecular complexity index is 1160. The monoisotopic (exact) mass is 387 g/mol. The summed E-state index contributed by atoms with van der Waals surface area (Å²) in [5.41, 5.74) is 6.14. The smallest absolute Gasteiger partial charge is 0.305 e. The van der Waals surface area contributed by atoms with E-state index in [0.717, 1.165) is 11.5 Å². The highest BCUT2D eigenvalue weighted by molar-refractivity contribution is 7.89. The van der Waals surface area contributed by atoms with Gasteiger partial charge in [0, 0.05) is 16.5 Å². The highest BCUT2D eigenvalue weighted by Gasteiger charge is 2.19. The molecule has 0 unspecified atom stereocenters. The number of hydrogen-bond acceptors (Lipinski definition) is 5. The van der Waals surface area contributed by atoms with E-state index >= 15 is 0 Å². The number of hydrogen-bond donors (Lipinski definition) is 3. The van der Waals surface area contributed by atoms with E-state index in [1.165, 1.54) is 12.1 Å². The summed E-state index contributed by atoms with van der Waals surface area (Å²) in [7, 11) is -3.97. The number of hydrazine groups is 1. The largest absolute Gasteiger partial charge is 0.451 e. The van der Waals surface area contributed by atoms with Crippen LogP contribution in [0.15, 0.2) is 51.8 Å². The second-order valence-corrected chi connectivity index (χ2v) is 7.52. The summed E-state index contributed by atoms with van der Waals surface area (Å²) in [5, 5.41) is 5.93. The first kappa shape index (κ1) is 18.6. The van der Waals surface area contributed by atoms with Crippen LogP contribution in [0, 0.1) is 13.8 Å². The minimum absolute atomic E-state index is 0.0336. The molecule has 0 fully saturated rings. The van der Waals surface area contributed by atoms with E-state index in [4.69, 9.17) is 9.56 Å². The number of para-hydroxylation sites is 1. The van der Waals surface area contributed by atoms with Gasteiger partial charge in [0.2, 0.25) is 10.0 Å². The van der Waals surface area contributed by atoms with Crippen LogP contribution in [0.25, 0.3) is 11.0 Å². The number of sulfonamides is 1. The number of aryl methyl sites for hydroxylation is 2. The zero-order valence-corrected chi connectivity index (χ0v) is 15.4. The van der Waals surface area contributed by atoms with Crippen LogP contribution in [0.4, 0.5) is 0 Å². The number of benzene rings is 2.